The summed E-state index contributed by atoms with van der Waals surface area (Å²) in [6.07, 6.45) is 8.90. The second kappa shape index (κ2) is 9.03. The number of hydrogen-bond donors (Lipinski definition) is 2. The van der Waals surface area contributed by atoms with Gasteiger partial charge in [-0.3, -0.25) is 9.59 Å². The number of aliphatic carboxylic acids is 1. The molecule has 0 saturated heterocycles. The Hall–Kier alpha value is -1.10. The molecule has 0 spiro atoms. The Kier molecular flexibility index (Phi) is 7.72. The van der Waals surface area contributed by atoms with Crippen molar-refractivity contribution in [1.82, 2.24) is 5.32 Å². The Morgan fingerprint density at radius 1 is 1.29 bits per heavy atom. The highest BCUT2D eigenvalue weighted by molar-refractivity contribution is 5.78. The van der Waals surface area contributed by atoms with Gasteiger partial charge in [-0.1, -0.05) is 32.1 Å². The van der Waals surface area contributed by atoms with Gasteiger partial charge < -0.3 is 15.2 Å². The van der Waals surface area contributed by atoms with Gasteiger partial charge in [0.15, 0.2) is 0 Å². The summed E-state index contributed by atoms with van der Waals surface area (Å²) in [5, 5.41) is 11.7. The molecule has 0 heterocycles. The summed E-state index contributed by atoms with van der Waals surface area (Å²) in [5.74, 6) is -0.236. The molecule has 1 saturated carbocycles. The van der Waals surface area contributed by atoms with Crippen molar-refractivity contribution in [2.45, 2.75) is 70.3 Å². The lowest BCUT2D eigenvalue weighted by Crippen LogP contribution is -2.50. The molecule has 1 atom stereocenters. The van der Waals surface area contributed by atoms with E-state index in [0.29, 0.717) is 6.42 Å². The van der Waals surface area contributed by atoms with Crippen LogP contribution in [0.4, 0.5) is 0 Å². The largest absolute Gasteiger partial charge is 0.481 e. The molecule has 0 aromatic carbocycles. The summed E-state index contributed by atoms with van der Waals surface area (Å²) in [6.45, 7) is 1.91. The van der Waals surface area contributed by atoms with E-state index >= 15 is 0 Å². The fourth-order valence-corrected chi connectivity index (χ4v) is 3.21. The highest BCUT2D eigenvalue weighted by Crippen LogP contribution is 2.27. The fourth-order valence-electron chi connectivity index (χ4n) is 3.21. The average Bonchev–Trinajstić information content (AvgIpc) is 2.38. The van der Waals surface area contributed by atoms with Crippen molar-refractivity contribution >= 4 is 11.9 Å². The lowest BCUT2D eigenvalue weighted by atomic mass is 9.86. The normalized spacial score (nSPS) is 19.0. The van der Waals surface area contributed by atoms with E-state index in [0.717, 1.165) is 18.8 Å². The molecule has 0 aromatic rings. The van der Waals surface area contributed by atoms with Crippen molar-refractivity contribution in [2.75, 3.05) is 13.7 Å². The summed E-state index contributed by atoms with van der Waals surface area (Å²) < 4.78 is 5.03. The maximum Gasteiger partial charge on any atom is 0.305 e. The number of ether oxygens (including phenoxy) is 1. The Labute approximate surface area is 127 Å². The molecule has 21 heavy (non-hydrogen) atoms. The van der Waals surface area contributed by atoms with Gasteiger partial charge in [0.25, 0.3) is 0 Å². The standard InChI is InChI=1S/C16H29NO4/c1-16(12-21-2,11-15(19)20)17-14(18)10-6-9-13-7-4-3-5-8-13/h13H,3-12H2,1-2H3,(H,17,18)(H,19,20). The monoisotopic (exact) mass is 299 g/mol. The molecular weight excluding hydrogens is 270 g/mol. The first-order chi connectivity index (χ1) is 9.95. The molecular formula is C16H29NO4. The lowest BCUT2D eigenvalue weighted by molar-refractivity contribution is -0.139. The fraction of sp³-hybridized carbons (Fsp3) is 0.875. The van der Waals surface area contributed by atoms with E-state index in [2.05, 4.69) is 5.32 Å². The minimum Gasteiger partial charge on any atom is -0.481 e. The smallest absolute Gasteiger partial charge is 0.305 e. The van der Waals surface area contributed by atoms with Crippen molar-refractivity contribution in [3.8, 4) is 0 Å². The maximum absolute atomic E-state index is 12.0. The summed E-state index contributed by atoms with van der Waals surface area (Å²) in [7, 11) is 1.51. The molecule has 1 amide bonds. The van der Waals surface area contributed by atoms with Crippen LogP contribution in [0.15, 0.2) is 0 Å². The van der Waals surface area contributed by atoms with Gasteiger partial charge in [0.05, 0.1) is 18.6 Å². The Balaban J connectivity index is 2.30. The van der Waals surface area contributed by atoms with E-state index < -0.39 is 11.5 Å². The van der Waals surface area contributed by atoms with Crippen LogP contribution in [0.3, 0.4) is 0 Å². The molecule has 0 aromatic heterocycles. The Morgan fingerprint density at radius 3 is 2.52 bits per heavy atom. The highest BCUT2D eigenvalue weighted by Gasteiger charge is 2.29. The third-order valence-corrected chi connectivity index (χ3v) is 4.19. The van der Waals surface area contributed by atoms with Gasteiger partial charge in [0, 0.05) is 13.5 Å². The van der Waals surface area contributed by atoms with Gasteiger partial charge >= 0.3 is 5.97 Å². The minimum atomic E-state index is -0.933. The summed E-state index contributed by atoms with van der Waals surface area (Å²) >= 11 is 0. The number of carbonyl (C=O) groups excluding carboxylic acids is 1. The van der Waals surface area contributed by atoms with Gasteiger partial charge in [-0.15, -0.1) is 0 Å². The van der Waals surface area contributed by atoms with Crippen molar-refractivity contribution in [3.05, 3.63) is 0 Å². The van der Waals surface area contributed by atoms with E-state index in [4.69, 9.17) is 9.84 Å². The van der Waals surface area contributed by atoms with E-state index in [9.17, 15) is 9.59 Å². The van der Waals surface area contributed by atoms with Crippen LogP contribution in [0, 0.1) is 5.92 Å². The third-order valence-electron chi connectivity index (χ3n) is 4.19. The molecule has 122 valence electrons. The van der Waals surface area contributed by atoms with Crippen LogP contribution in [0.1, 0.15) is 64.7 Å². The number of rotatable bonds is 9. The molecule has 1 rings (SSSR count). The van der Waals surface area contributed by atoms with Crippen LogP contribution in [0.5, 0.6) is 0 Å². The highest BCUT2D eigenvalue weighted by atomic mass is 16.5. The van der Waals surface area contributed by atoms with Gasteiger partial charge in [-0.05, 0) is 25.7 Å². The lowest BCUT2D eigenvalue weighted by Gasteiger charge is -2.28. The Morgan fingerprint density at radius 2 is 1.95 bits per heavy atom. The molecule has 0 bridgehead atoms. The van der Waals surface area contributed by atoms with Crippen LogP contribution >= 0.6 is 0 Å². The van der Waals surface area contributed by atoms with Crippen LogP contribution in [0.2, 0.25) is 0 Å². The molecule has 1 fully saturated rings. The summed E-state index contributed by atoms with van der Waals surface area (Å²) in [6, 6.07) is 0. The predicted octanol–water partition coefficient (Wildman–Crippen LogP) is 2.73. The van der Waals surface area contributed by atoms with Crippen molar-refractivity contribution in [2.24, 2.45) is 5.92 Å². The van der Waals surface area contributed by atoms with E-state index in [1.165, 1.54) is 39.2 Å². The van der Waals surface area contributed by atoms with Crippen molar-refractivity contribution < 1.29 is 19.4 Å². The molecule has 0 aliphatic heterocycles. The van der Waals surface area contributed by atoms with E-state index in [1.54, 1.807) is 6.92 Å². The second-order valence-electron chi connectivity index (χ2n) is 6.51. The molecule has 1 aliphatic rings. The zero-order valence-electron chi connectivity index (χ0n) is 13.3. The number of hydrogen-bond acceptors (Lipinski definition) is 3. The summed E-state index contributed by atoms with van der Waals surface area (Å²) in [5.41, 5.74) is -0.831. The SMILES string of the molecule is COCC(C)(CC(=O)O)NC(=O)CCCC1CCCCC1. The number of amides is 1. The zero-order chi connectivity index (χ0) is 15.7. The first-order valence-corrected chi connectivity index (χ1v) is 7.97. The first kappa shape index (κ1) is 18.0. The Bertz CT molecular complexity index is 339. The van der Waals surface area contributed by atoms with E-state index in [1.807, 2.05) is 0 Å². The number of carboxylic acids is 1. The van der Waals surface area contributed by atoms with Crippen molar-refractivity contribution in [3.63, 3.8) is 0 Å². The van der Waals surface area contributed by atoms with E-state index in [-0.39, 0.29) is 18.9 Å². The zero-order valence-corrected chi connectivity index (χ0v) is 13.3. The summed E-state index contributed by atoms with van der Waals surface area (Å²) in [4.78, 5) is 22.9. The number of carbonyl (C=O) groups is 2. The van der Waals surface area contributed by atoms with Crippen LogP contribution in [-0.4, -0.2) is 36.2 Å². The molecule has 1 aliphatic carbocycles. The van der Waals surface area contributed by atoms with Gasteiger partial charge in [-0.25, -0.2) is 0 Å². The molecule has 1 unspecified atom stereocenters. The maximum atomic E-state index is 12.0. The average molecular weight is 299 g/mol. The first-order valence-electron chi connectivity index (χ1n) is 7.97. The van der Waals surface area contributed by atoms with Crippen molar-refractivity contribution in [1.29, 1.82) is 0 Å². The molecule has 2 N–H and O–H groups in total. The van der Waals surface area contributed by atoms with Gasteiger partial charge in [-0.2, -0.15) is 0 Å². The number of nitrogens with one attached hydrogen (secondary N) is 1. The number of carboxylic acid groups (broad SMARTS) is 1. The molecule has 5 nitrogen and oxygen atoms in total. The quantitative estimate of drug-likeness (QED) is 0.686. The predicted molar refractivity (Wildman–Crippen MR) is 81.1 cm³/mol. The minimum absolute atomic E-state index is 0.0772. The second-order valence-corrected chi connectivity index (χ2v) is 6.51. The topological polar surface area (TPSA) is 75.6 Å². The third kappa shape index (κ3) is 7.46. The van der Waals surface area contributed by atoms with Gasteiger partial charge in [0.2, 0.25) is 5.91 Å². The van der Waals surface area contributed by atoms with Crippen LogP contribution in [0.25, 0.3) is 0 Å². The number of methoxy groups -OCH3 is 1. The van der Waals surface area contributed by atoms with Crippen LogP contribution < -0.4 is 5.32 Å². The molecule has 0 radical (unpaired) electrons. The van der Waals surface area contributed by atoms with Gasteiger partial charge in [0.1, 0.15) is 0 Å². The van der Waals surface area contributed by atoms with Crippen LogP contribution in [-0.2, 0) is 14.3 Å². The molecule has 5 heteroatoms.